The van der Waals surface area contributed by atoms with Crippen molar-refractivity contribution in [1.29, 1.82) is 0 Å². The van der Waals surface area contributed by atoms with Crippen LogP contribution in [0.25, 0.3) is 0 Å². The summed E-state index contributed by atoms with van der Waals surface area (Å²) in [6.07, 6.45) is 8.72. The first kappa shape index (κ1) is 23.3. The maximum absolute atomic E-state index is 2.55. The zero-order chi connectivity index (χ0) is 20.0. The van der Waals surface area contributed by atoms with Crippen LogP contribution in [0.4, 0.5) is 0 Å². The number of benzene rings is 2. The molecule has 2 aromatic rings. The van der Waals surface area contributed by atoms with E-state index in [-0.39, 0.29) is 0 Å². The fourth-order valence-electron chi connectivity index (χ4n) is 4.86. The SMILES string of the molecule is CC[PH](CC)(CC)[Pt]([c]1ccccc1)([c]1ccccc1)[PH](CC)(CC)CC. The fraction of sp³-hybridized carbons (Fsp3) is 0.500. The summed E-state index contributed by atoms with van der Waals surface area (Å²) in [5.74, 6) is 0. The van der Waals surface area contributed by atoms with Crippen molar-refractivity contribution in [3.05, 3.63) is 60.7 Å². The third-order valence-corrected chi connectivity index (χ3v) is 80.1. The van der Waals surface area contributed by atoms with Gasteiger partial charge in [-0.3, -0.25) is 0 Å². The number of hydrogen-bond donors (Lipinski definition) is 0. The molecule has 0 aliphatic heterocycles. The van der Waals surface area contributed by atoms with E-state index in [0.29, 0.717) is 0 Å². The third kappa shape index (κ3) is 3.65. The average Bonchev–Trinajstić information content (AvgIpc) is 2.76. The molecule has 0 saturated carbocycles. The summed E-state index contributed by atoms with van der Waals surface area (Å²) in [7, 11) is 0. The molecule has 158 valence electrons. The third-order valence-electron chi connectivity index (χ3n) is 6.65. The minimum absolute atomic E-state index is 1.43. The molecule has 2 rings (SSSR count). The van der Waals surface area contributed by atoms with E-state index in [9.17, 15) is 0 Å². The Labute approximate surface area is 172 Å². The maximum atomic E-state index is 2.55. The summed E-state index contributed by atoms with van der Waals surface area (Å²) in [6.45, 7) is 15.3. The van der Waals surface area contributed by atoms with Crippen LogP contribution in [0.5, 0.6) is 0 Å². The second-order valence-corrected chi connectivity index (χ2v) is 46.7. The van der Waals surface area contributed by atoms with Crippen molar-refractivity contribution in [3.63, 3.8) is 0 Å². The molecule has 0 aliphatic carbocycles. The normalized spacial score (nSPS) is 14.7. The van der Waals surface area contributed by atoms with E-state index in [1.165, 1.54) is 37.0 Å². The van der Waals surface area contributed by atoms with Gasteiger partial charge in [-0.2, -0.15) is 0 Å². The molecule has 0 N–H and O–H groups in total. The van der Waals surface area contributed by atoms with Crippen LogP contribution in [0.2, 0.25) is 0 Å². The molecule has 0 bridgehead atoms. The van der Waals surface area contributed by atoms with E-state index in [1.807, 2.05) is 7.91 Å². The molecule has 0 spiro atoms. The van der Waals surface area contributed by atoms with E-state index >= 15 is 0 Å². The Hall–Kier alpha value is -0.0117. The first-order valence-electron chi connectivity index (χ1n) is 10.8. The molecule has 3 heteroatoms. The molecule has 0 radical (unpaired) electrons. The number of hydrogen-bond acceptors (Lipinski definition) is 0. The molecule has 0 fully saturated rings. The van der Waals surface area contributed by atoms with Crippen molar-refractivity contribution in [2.45, 2.75) is 41.5 Å². The summed E-state index contributed by atoms with van der Waals surface area (Å²) in [6, 6.07) is 24.0. The van der Waals surface area contributed by atoms with Crippen LogP contribution in [0.3, 0.4) is 0 Å². The molecular formula is C24H42P2Pt. The van der Waals surface area contributed by atoms with Crippen LogP contribution in [-0.4, -0.2) is 37.0 Å². The molecular weight excluding hydrogens is 545 g/mol. The Bertz CT molecular complexity index is 598. The van der Waals surface area contributed by atoms with Crippen molar-refractivity contribution in [1.82, 2.24) is 0 Å². The van der Waals surface area contributed by atoms with Crippen LogP contribution in [0.1, 0.15) is 41.5 Å². The van der Waals surface area contributed by atoms with E-state index in [4.69, 9.17) is 0 Å². The zero-order valence-electron chi connectivity index (χ0n) is 18.3. The molecule has 0 atom stereocenters. The van der Waals surface area contributed by atoms with Gasteiger partial charge in [0.15, 0.2) is 0 Å². The predicted molar refractivity (Wildman–Crippen MR) is 132 cm³/mol. The van der Waals surface area contributed by atoms with E-state index in [2.05, 4.69) is 102 Å². The Balaban J connectivity index is 3.08. The molecule has 0 heterocycles. The first-order chi connectivity index (χ1) is 13.1. The molecule has 2 aromatic carbocycles. The summed E-state index contributed by atoms with van der Waals surface area (Å²) < 4.78 is 3.62. The van der Waals surface area contributed by atoms with E-state index in [0.717, 1.165) is 0 Å². The Morgan fingerprint density at radius 3 is 0.963 bits per heavy atom. The Morgan fingerprint density at radius 1 is 0.481 bits per heavy atom. The first-order valence-corrected chi connectivity index (χ1v) is 24.8. The van der Waals surface area contributed by atoms with Crippen LogP contribution in [0, 0.1) is 0 Å². The van der Waals surface area contributed by atoms with E-state index < -0.39 is 25.8 Å². The van der Waals surface area contributed by atoms with Crippen LogP contribution >= 0.6 is 10.7 Å². The summed E-state index contributed by atoms with van der Waals surface area (Å²) in [5, 5.41) is -2.87. The molecule has 0 nitrogen and oxygen atoms in total. The predicted octanol–water partition coefficient (Wildman–Crippen LogP) is 6.24. The molecule has 0 aliphatic rings. The van der Waals surface area contributed by atoms with Gasteiger partial charge in [-0.15, -0.1) is 0 Å². The van der Waals surface area contributed by atoms with Crippen LogP contribution < -0.4 is 7.91 Å². The van der Waals surface area contributed by atoms with Crippen molar-refractivity contribution in [3.8, 4) is 0 Å². The monoisotopic (exact) mass is 587 g/mol. The van der Waals surface area contributed by atoms with Crippen molar-refractivity contribution >= 4 is 18.6 Å². The van der Waals surface area contributed by atoms with Crippen LogP contribution in [0.15, 0.2) is 60.7 Å². The van der Waals surface area contributed by atoms with Gasteiger partial charge in [0, 0.05) is 0 Å². The van der Waals surface area contributed by atoms with Gasteiger partial charge in [0.25, 0.3) is 0 Å². The van der Waals surface area contributed by atoms with Gasteiger partial charge in [-0.05, 0) is 0 Å². The van der Waals surface area contributed by atoms with Gasteiger partial charge in [0.05, 0.1) is 0 Å². The summed E-state index contributed by atoms with van der Waals surface area (Å²) >= 11 is -2.47. The average molecular weight is 588 g/mol. The molecule has 0 amide bonds. The molecule has 0 aromatic heterocycles. The van der Waals surface area contributed by atoms with Crippen LogP contribution in [-0.2, 0) is 15.0 Å². The Morgan fingerprint density at radius 2 is 0.741 bits per heavy atom. The zero-order valence-corrected chi connectivity index (χ0v) is 22.6. The molecule has 0 unspecified atom stereocenters. The standard InChI is InChI=1S/2C6H15P.2C6H5.Pt/c2*1-4-7(5-2)6-3;2*1-2-4-6-5-3-1;/h2*4-6H2,1-3H3;2*1-5H;/q;;;;-2/p+2. The van der Waals surface area contributed by atoms with E-state index in [1.54, 1.807) is 0 Å². The molecule has 27 heavy (non-hydrogen) atoms. The second-order valence-electron chi connectivity index (χ2n) is 7.29. The fourth-order valence-corrected chi connectivity index (χ4v) is 99.5. The van der Waals surface area contributed by atoms with Gasteiger partial charge >= 0.3 is 173 Å². The van der Waals surface area contributed by atoms with Gasteiger partial charge < -0.3 is 0 Å². The van der Waals surface area contributed by atoms with Crippen molar-refractivity contribution in [2.24, 2.45) is 0 Å². The summed E-state index contributed by atoms with van der Waals surface area (Å²) in [4.78, 5) is 0. The van der Waals surface area contributed by atoms with Gasteiger partial charge in [0.1, 0.15) is 0 Å². The minimum atomic E-state index is -2.47. The van der Waals surface area contributed by atoms with Crippen molar-refractivity contribution in [2.75, 3.05) is 37.0 Å². The molecule has 0 saturated heterocycles. The van der Waals surface area contributed by atoms with Crippen molar-refractivity contribution < 1.29 is 15.0 Å². The second kappa shape index (κ2) is 10.1. The van der Waals surface area contributed by atoms with Gasteiger partial charge in [0.2, 0.25) is 0 Å². The van der Waals surface area contributed by atoms with Gasteiger partial charge in [-0.25, -0.2) is 0 Å². The summed E-state index contributed by atoms with van der Waals surface area (Å²) in [5.41, 5.74) is 0. The topological polar surface area (TPSA) is 0 Å². The number of rotatable bonds is 10. The van der Waals surface area contributed by atoms with Gasteiger partial charge in [-0.1, -0.05) is 0 Å². The quantitative estimate of drug-likeness (QED) is 0.289. The Kier molecular flexibility index (Phi) is 8.75.